The van der Waals surface area contributed by atoms with Gasteiger partial charge in [0.05, 0.1) is 18.4 Å². The first kappa shape index (κ1) is 13.3. The topological polar surface area (TPSA) is 72.6 Å². The molecule has 0 radical (unpaired) electrons. The second-order valence-corrected chi connectivity index (χ2v) is 6.13. The van der Waals surface area contributed by atoms with Gasteiger partial charge in [-0.1, -0.05) is 0 Å². The molecule has 0 spiro atoms. The molecule has 7 heteroatoms. The Balaban J connectivity index is 2.38. The Bertz CT molecular complexity index is 547. The first-order valence-electron chi connectivity index (χ1n) is 5.58. The molecule has 1 saturated heterocycles. The standard InChI is InChI=1S/C11H15FN2O3S/c1-8-7-14(4-5-17-8)18(15,16)11-6-9(12)2-3-10(11)13/h2-3,6,8H,4-5,7,13H2,1H3. The normalized spacial score (nSPS) is 22.0. The van der Waals surface area contributed by atoms with Gasteiger partial charge in [-0.2, -0.15) is 4.31 Å². The van der Waals surface area contributed by atoms with E-state index in [2.05, 4.69) is 0 Å². The SMILES string of the molecule is CC1CN(S(=O)(=O)c2cc(F)ccc2N)CCO1. The number of rotatable bonds is 2. The van der Waals surface area contributed by atoms with E-state index in [4.69, 9.17) is 10.5 Å². The molecule has 0 amide bonds. The second kappa shape index (κ2) is 4.83. The van der Waals surface area contributed by atoms with Crippen molar-refractivity contribution in [1.82, 2.24) is 4.31 Å². The van der Waals surface area contributed by atoms with Gasteiger partial charge < -0.3 is 10.5 Å². The Morgan fingerprint density at radius 3 is 2.89 bits per heavy atom. The van der Waals surface area contributed by atoms with E-state index in [0.717, 1.165) is 12.1 Å². The molecule has 1 aromatic rings. The van der Waals surface area contributed by atoms with Crippen molar-refractivity contribution in [3.63, 3.8) is 0 Å². The average molecular weight is 274 g/mol. The summed E-state index contributed by atoms with van der Waals surface area (Å²) in [6.07, 6.45) is -0.177. The third-order valence-electron chi connectivity index (χ3n) is 2.80. The molecule has 1 aliphatic heterocycles. The fourth-order valence-corrected chi connectivity index (χ4v) is 3.50. The molecule has 1 heterocycles. The molecule has 0 aliphatic carbocycles. The van der Waals surface area contributed by atoms with Crippen LogP contribution in [0.2, 0.25) is 0 Å². The van der Waals surface area contributed by atoms with Crippen LogP contribution >= 0.6 is 0 Å². The highest BCUT2D eigenvalue weighted by Gasteiger charge is 2.30. The van der Waals surface area contributed by atoms with Crippen LogP contribution in [0.5, 0.6) is 0 Å². The summed E-state index contributed by atoms with van der Waals surface area (Å²) in [4.78, 5) is -0.184. The van der Waals surface area contributed by atoms with Crippen LogP contribution in [0.4, 0.5) is 10.1 Å². The molecule has 18 heavy (non-hydrogen) atoms. The van der Waals surface area contributed by atoms with Crippen molar-refractivity contribution in [2.24, 2.45) is 0 Å². The average Bonchev–Trinajstić information content (AvgIpc) is 2.32. The van der Waals surface area contributed by atoms with E-state index < -0.39 is 15.8 Å². The molecule has 0 bridgehead atoms. The molecule has 1 aliphatic rings. The molecule has 0 aromatic heterocycles. The Hall–Kier alpha value is -1.18. The summed E-state index contributed by atoms with van der Waals surface area (Å²) < 4.78 is 44.4. The summed E-state index contributed by atoms with van der Waals surface area (Å²) in [6, 6.07) is 3.34. The smallest absolute Gasteiger partial charge is 0.245 e. The molecule has 1 aromatic carbocycles. The van der Waals surface area contributed by atoms with Gasteiger partial charge in [-0.25, -0.2) is 12.8 Å². The highest BCUT2D eigenvalue weighted by molar-refractivity contribution is 7.89. The highest BCUT2D eigenvalue weighted by Crippen LogP contribution is 2.24. The highest BCUT2D eigenvalue weighted by atomic mass is 32.2. The summed E-state index contributed by atoms with van der Waals surface area (Å²) in [7, 11) is -3.76. The first-order valence-corrected chi connectivity index (χ1v) is 7.02. The van der Waals surface area contributed by atoms with Crippen LogP contribution < -0.4 is 5.73 Å². The van der Waals surface area contributed by atoms with E-state index in [1.54, 1.807) is 6.92 Å². The maximum absolute atomic E-state index is 13.2. The predicted molar refractivity (Wildman–Crippen MR) is 65.0 cm³/mol. The second-order valence-electron chi connectivity index (χ2n) is 4.23. The van der Waals surface area contributed by atoms with Gasteiger partial charge >= 0.3 is 0 Å². The number of sulfonamides is 1. The summed E-state index contributed by atoms with van der Waals surface area (Å²) in [5.41, 5.74) is 5.66. The lowest BCUT2D eigenvalue weighted by Crippen LogP contribution is -2.44. The van der Waals surface area contributed by atoms with Crippen molar-refractivity contribution < 1.29 is 17.5 Å². The molecule has 2 N–H and O–H groups in total. The number of nitrogens with two attached hydrogens (primary N) is 1. The lowest BCUT2D eigenvalue weighted by molar-refractivity contribution is 0.0102. The van der Waals surface area contributed by atoms with Crippen molar-refractivity contribution in [3.8, 4) is 0 Å². The maximum atomic E-state index is 13.2. The van der Waals surface area contributed by atoms with E-state index in [9.17, 15) is 12.8 Å². The molecule has 100 valence electrons. The Morgan fingerprint density at radius 2 is 2.22 bits per heavy atom. The van der Waals surface area contributed by atoms with E-state index >= 15 is 0 Å². The summed E-state index contributed by atoms with van der Waals surface area (Å²) in [5.74, 6) is -0.621. The van der Waals surface area contributed by atoms with E-state index in [1.165, 1.54) is 10.4 Å². The third-order valence-corrected chi connectivity index (χ3v) is 4.72. The Kier molecular flexibility index (Phi) is 3.56. The van der Waals surface area contributed by atoms with E-state index in [0.29, 0.717) is 6.61 Å². The maximum Gasteiger partial charge on any atom is 0.245 e. The van der Waals surface area contributed by atoms with Gasteiger partial charge in [0.1, 0.15) is 10.7 Å². The van der Waals surface area contributed by atoms with E-state index in [-0.39, 0.29) is 29.8 Å². The number of halogens is 1. The van der Waals surface area contributed by atoms with Gasteiger partial charge in [0, 0.05) is 13.1 Å². The molecular formula is C11H15FN2O3S. The van der Waals surface area contributed by atoms with Crippen LogP contribution in [-0.2, 0) is 14.8 Å². The van der Waals surface area contributed by atoms with Crippen molar-refractivity contribution in [1.29, 1.82) is 0 Å². The summed E-state index contributed by atoms with van der Waals surface area (Å²) in [5, 5.41) is 0. The number of nitrogens with zero attached hydrogens (tertiary/aromatic N) is 1. The summed E-state index contributed by atoms with van der Waals surface area (Å²) >= 11 is 0. The first-order chi connectivity index (χ1) is 8.41. The zero-order valence-electron chi connectivity index (χ0n) is 9.97. The fraction of sp³-hybridized carbons (Fsp3) is 0.455. The molecular weight excluding hydrogens is 259 g/mol. The zero-order valence-corrected chi connectivity index (χ0v) is 10.8. The van der Waals surface area contributed by atoms with Gasteiger partial charge in [0.25, 0.3) is 0 Å². The van der Waals surface area contributed by atoms with Crippen molar-refractivity contribution in [2.45, 2.75) is 17.9 Å². The quantitative estimate of drug-likeness (QED) is 0.810. The number of hydrogen-bond acceptors (Lipinski definition) is 4. The number of nitrogen functional groups attached to an aromatic ring is 1. The number of morpholine rings is 1. The van der Waals surface area contributed by atoms with Crippen molar-refractivity contribution >= 4 is 15.7 Å². The van der Waals surface area contributed by atoms with Crippen LogP contribution in [0.1, 0.15) is 6.92 Å². The minimum Gasteiger partial charge on any atom is -0.398 e. The molecule has 2 rings (SSSR count). The largest absolute Gasteiger partial charge is 0.398 e. The van der Waals surface area contributed by atoms with Crippen LogP contribution in [0.25, 0.3) is 0 Å². The van der Waals surface area contributed by atoms with Gasteiger partial charge in [-0.15, -0.1) is 0 Å². The van der Waals surface area contributed by atoms with Crippen molar-refractivity contribution in [3.05, 3.63) is 24.0 Å². The van der Waals surface area contributed by atoms with Crippen LogP contribution in [0.15, 0.2) is 23.1 Å². The molecule has 1 fully saturated rings. The minimum absolute atomic E-state index is 0.0514. The van der Waals surface area contributed by atoms with Crippen LogP contribution in [0.3, 0.4) is 0 Å². The van der Waals surface area contributed by atoms with Gasteiger partial charge in [0.2, 0.25) is 10.0 Å². The zero-order chi connectivity index (χ0) is 13.3. The van der Waals surface area contributed by atoms with Crippen LogP contribution in [0, 0.1) is 5.82 Å². The molecule has 5 nitrogen and oxygen atoms in total. The molecule has 0 saturated carbocycles. The number of ether oxygens (including phenoxy) is 1. The lowest BCUT2D eigenvalue weighted by atomic mass is 10.3. The monoisotopic (exact) mass is 274 g/mol. The Labute approximate surface area is 105 Å². The fourth-order valence-electron chi connectivity index (χ4n) is 1.88. The lowest BCUT2D eigenvalue weighted by Gasteiger charge is -2.30. The predicted octanol–water partition coefficient (Wildman–Crippen LogP) is 0.817. The minimum atomic E-state index is -3.76. The molecule has 1 unspecified atom stereocenters. The molecule has 1 atom stereocenters. The third kappa shape index (κ3) is 2.47. The number of anilines is 1. The Morgan fingerprint density at radius 1 is 1.50 bits per heavy atom. The van der Waals surface area contributed by atoms with Crippen LogP contribution in [-0.4, -0.2) is 38.5 Å². The number of hydrogen-bond donors (Lipinski definition) is 1. The van der Waals surface area contributed by atoms with Crippen molar-refractivity contribution in [2.75, 3.05) is 25.4 Å². The number of benzene rings is 1. The summed E-state index contributed by atoms with van der Waals surface area (Å²) in [6.45, 7) is 2.62. The van der Waals surface area contributed by atoms with Gasteiger partial charge in [0.15, 0.2) is 0 Å². The van der Waals surface area contributed by atoms with E-state index in [1.807, 2.05) is 0 Å². The van der Waals surface area contributed by atoms with Gasteiger partial charge in [-0.3, -0.25) is 0 Å². The van der Waals surface area contributed by atoms with Gasteiger partial charge in [-0.05, 0) is 25.1 Å².